The van der Waals surface area contributed by atoms with Crippen molar-refractivity contribution in [2.24, 2.45) is 0 Å². The quantitative estimate of drug-likeness (QED) is 0.484. The van der Waals surface area contributed by atoms with Gasteiger partial charge in [0.15, 0.2) is 6.29 Å². The van der Waals surface area contributed by atoms with E-state index in [1.54, 1.807) is 0 Å². The van der Waals surface area contributed by atoms with Crippen LogP contribution in [-0.2, 0) is 4.79 Å². The van der Waals surface area contributed by atoms with Gasteiger partial charge in [-0.25, -0.2) is 0 Å². The molecule has 1 rings (SSSR count). The molecule has 0 radical (unpaired) electrons. The van der Waals surface area contributed by atoms with Gasteiger partial charge in [-0.3, -0.25) is 10.2 Å². The number of rotatable bonds is 5. The van der Waals surface area contributed by atoms with E-state index in [0.29, 0.717) is 0 Å². The Morgan fingerprint density at radius 1 is 1.58 bits per heavy atom. The summed E-state index contributed by atoms with van der Waals surface area (Å²) in [6, 6.07) is 0. The molecule has 1 N–H and O–H groups in total. The smallest absolute Gasteiger partial charge is 0.151 e. The minimum absolute atomic E-state index is 0.0122. The molecule has 0 aromatic rings. The van der Waals surface area contributed by atoms with Crippen LogP contribution in [0.3, 0.4) is 0 Å². The molecule has 1 fully saturated rings. The molecule has 1 atom stereocenters. The van der Waals surface area contributed by atoms with Crippen molar-refractivity contribution in [1.82, 2.24) is 10.2 Å². The van der Waals surface area contributed by atoms with E-state index in [1.165, 1.54) is 19.3 Å². The van der Waals surface area contributed by atoms with E-state index in [9.17, 15) is 4.79 Å². The zero-order valence-electron chi connectivity index (χ0n) is 7.75. The van der Waals surface area contributed by atoms with Gasteiger partial charge >= 0.3 is 0 Å². The van der Waals surface area contributed by atoms with E-state index in [0.717, 1.165) is 25.9 Å². The Labute approximate surface area is 74.1 Å². The van der Waals surface area contributed by atoms with Crippen LogP contribution in [0.15, 0.2) is 0 Å². The van der Waals surface area contributed by atoms with Crippen molar-refractivity contribution in [3.05, 3.63) is 0 Å². The van der Waals surface area contributed by atoms with Crippen LogP contribution >= 0.6 is 0 Å². The van der Waals surface area contributed by atoms with E-state index >= 15 is 0 Å². The van der Waals surface area contributed by atoms with Gasteiger partial charge in [-0.2, -0.15) is 0 Å². The molecule has 1 saturated heterocycles. The first-order valence-corrected chi connectivity index (χ1v) is 4.81. The van der Waals surface area contributed by atoms with Crippen LogP contribution in [0.4, 0.5) is 0 Å². The summed E-state index contributed by atoms with van der Waals surface area (Å²) in [7, 11) is 0. The van der Waals surface area contributed by atoms with Crippen LogP contribution in [-0.4, -0.2) is 37.0 Å². The zero-order chi connectivity index (χ0) is 8.81. The molecule has 1 aliphatic rings. The van der Waals surface area contributed by atoms with Crippen molar-refractivity contribution in [3.8, 4) is 0 Å². The molecule has 0 spiro atoms. The third kappa shape index (κ3) is 2.57. The van der Waals surface area contributed by atoms with Gasteiger partial charge in [0.1, 0.15) is 6.17 Å². The zero-order valence-corrected chi connectivity index (χ0v) is 7.75. The van der Waals surface area contributed by atoms with Gasteiger partial charge in [-0.05, 0) is 6.42 Å². The van der Waals surface area contributed by atoms with Gasteiger partial charge in [-0.15, -0.1) is 0 Å². The SMILES string of the molecule is CCCCCN1CCNC1C=O. The van der Waals surface area contributed by atoms with Crippen molar-refractivity contribution >= 4 is 6.29 Å². The van der Waals surface area contributed by atoms with Crippen molar-refractivity contribution < 1.29 is 4.79 Å². The highest BCUT2D eigenvalue weighted by molar-refractivity contribution is 5.57. The molecule has 3 heteroatoms. The molecule has 12 heavy (non-hydrogen) atoms. The van der Waals surface area contributed by atoms with Gasteiger partial charge in [0, 0.05) is 19.6 Å². The highest BCUT2D eigenvalue weighted by Crippen LogP contribution is 2.04. The van der Waals surface area contributed by atoms with E-state index in [2.05, 4.69) is 17.1 Å². The number of nitrogens with one attached hydrogen (secondary N) is 1. The number of hydrogen-bond donors (Lipinski definition) is 1. The molecule has 0 aromatic carbocycles. The van der Waals surface area contributed by atoms with Crippen molar-refractivity contribution in [1.29, 1.82) is 0 Å². The van der Waals surface area contributed by atoms with Crippen molar-refractivity contribution in [3.63, 3.8) is 0 Å². The molecule has 1 unspecified atom stereocenters. The third-order valence-corrected chi connectivity index (χ3v) is 2.32. The Bertz CT molecular complexity index is 138. The van der Waals surface area contributed by atoms with Gasteiger partial charge in [0.25, 0.3) is 0 Å². The molecule has 0 bridgehead atoms. The molecule has 70 valence electrons. The molecule has 1 aliphatic heterocycles. The van der Waals surface area contributed by atoms with E-state index in [-0.39, 0.29) is 6.17 Å². The highest BCUT2D eigenvalue weighted by atomic mass is 16.1. The second-order valence-electron chi connectivity index (χ2n) is 3.28. The summed E-state index contributed by atoms with van der Waals surface area (Å²) >= 11 is 0. The van der Waals surface area contributed by atoms with Gasteiger partial charge in [0.2, 0.25) is 0 Å². The van der Waals surface area contributed by atoms with Crippen LogP contribution in [0.25, 0.3) is 0 Å². The van der Waals surface area contributed by atoms with Crippen LogP contribution in [0.2, 0.25) is 0 Å². The lowest BCUT2D eigenvalue weighted by Gasteiger charge is -2.18. The van der Waals surface area contributed by atoms with Gasteiger partial charge < -0.3 is 4.79 Å². The van der Waals surface area contributed by atoms with Crippen LogP contribution in [0.5, 0.6) is 0 Å². The molecule has 0 amide bonds. The van der Waals surface area contributed by atoms with Crippen molar-refractivity contribution in [2.45, 2.75) is 32.4 Å². The van der Waals surface area contributed by atoms with Gasteiger partial charge in [0.05, 0.1) is 0 Å². The Kier molecular flexibility index (Phi) is 4.25. The lowest BCUT2D eigenvalue weighted by molar-refractivity contribution is -0.112. The third-order valence-electron chi connectivity index (χ3n) is 2.32. The summed E-state index contributed by atoms with van der Waals surface area (Å²) in [5, 5.41) is 3.14. The number of aldehydes is 1. The first kappa shape index (κ1) is 9.68. The summed E-state index contributed by atoms with van der Waals surface area (Å²) in [5.41, 5.74) is 0. The number of unbranched alkanes of at least 4 members (excludes halogenated alkanes) is 2. The van der Waals surface area contributed by atoms with E-state index < -0.39 is 0 Å². The average molecular weight is 170 g/mol. The maximum atomic E-state index is 10.5. The fraction of sp³-hybridized carbons (Fsp3) is 0.889. The standard InChI is InChI=1S/C9H18N2O/c1-2-3-4-6-11-7-5-10-9(11)8-12/h8-10H,2-7H2,1H3. The highest BCUT2D eigenvalue weighted by Gasteiger charge is 2.21. The average Bonchev–Trinajstić information content (AvgIpc) is 2.52. The van der Waals surface area contributed by atoms with Crippen LogP contribution < -0.4 is 5.32 Å². The Hall–Kier alpha value is -0.410. The Morgan fingerprint density at radius 3 is 3.08 bits per heavy atom. The molecule has 1 heterocycles. The second kappa shape index (κ2) is 5.27. The summed E-state index contributed by atoms with van der Waals surface area (Å²) < 4.78 is 0. The monoisotopic (exact) mass is 170 g/mol. The second-order valence-corrected chi connectivity index (χ2v) is 3.28. The summed E-state index contributed by atoms with van der Waals surface area (Å²) in [6.45, 7) is 5.23. The Balaban J connectivity index is 2.17. The van der Waals surface area contributed by atoms with Crippen LogP contribution in [0.1, 0.15) is 26.2 Å². The maximum Gasteiger partial charge on any atom is 0.151 e. The molecule has 0 aliphatic carbocycles. The van der Waals surface area contributed by atoms with Crippen LogP contribution in [0, 0.1) is 0 Å². The first-order valence-electron chi connectivity index (χ1n) is 4.81. The largest absolute Gasteiger partial charge is 0.300 e. The normalized spacial score (nSPS) is 24.6. The maximum absolute atomic E-state index is 10.5. The van der Waals surface area contributed by atoms with E-state index in [1.807, 2.05) is 0 Å². The minimum Gasteiger partial charge on any atom is -0.300 e. The number of carbonyl (C=O) groups excluding carboxylic acids is 1. The predicted molar refractivity (Wildman–Crippen MR) is 49.0 cm³/mol. The predicted octanol–water partition coefficient (Wildman–Crippen LogP) is 0.607. The minimum atomic E-state index is -0.0122. The van der Waals surface area contributed by atoms with E-state index in [4.69, 9.17) is 0 Å². The van der Waals surface area contributed by atoms with Crippen molar-refractivity contribution in [2.75, 3.05) is 19.6 Å². The summed E-state index contributed by atoms with van der Waals surface area (Å²) in [6.07, 6.45) is 4.71. The lowest BCUT2D eigenvalue weighted by Crippen LogP contribution is -2.37. The fourth-order valence-electron chi connectivity index (χ4n) is 1.57. The first-order chi connectivity index (χ1) is 5.88. The number of carbonyl (C=O) groups is 1. The molecule has 3 nitrogen and oxygen atoms in total. The molecule has 0 aromatic heterocycles. The molecular weight excluding hydrogens is 152 g/mol. The van der Waals surface area contributed by atoms with Gasteiger partial charge in [-0.1, -0.05) is 19.8 Å². The number of nitrogens with zero attached hydrogens (tertiary/aromatic N) is 1. The Morgan fingerprint density at radius 2 is 2.42 bits per heavy atom. The lowest BCUT2D eigenvalue weighted by atomic mass is 10.2. The fourth-order valence-corrected chi connectivity index (χ4v) is 1.57. The summed E-state index contributed by atoms with van der Waals surface area (Å²) in [4.78, 5) is 12.8. The molecular formula is C9H18N2O. The topological polar surface area (TPSA) is 32.3 Å². The summed E-state index contributed by atoms with van der Waals surface area (Å²) in [5.74, 6) is 0. The number of hydrogen-bond acceptors (Lipinski definition) is 3. The molecule has 0 saturated carbocycles.